The summed E-state index contributed by atoms with van der Waals surface area (Å²) in [6, 6.07) is 7.60. The van der Waals surface area contributed by atoms with E-state index in [2.05, 4.69) is 15.3 Å². The van der Waals surface area contributed by atoms with Crippen LogP contribution in [0.1, 0.15) is 5.56 Å². The number of benzene rings is 1. The van der Waals surface area contributed by atoms with Gasteiger partial charge in [0.15, 0.2) is 0 Å². The van der Waals surface area contributed by atoms with E-state index in [1.54, 1.807) is 0 Å². The first-order valence-electron chi connectivity index (χ1n) is 5.90. The largest absolute Gasteiger partial charge is 0.383 e. The smallest absolute Gasteiger partial charge is 0.244 e. The number of carbonyl (C=O) groups excluding carboxylic acids is 1. The van der Waals surface area contributed by atoms with E-state index in [1.165, 1.54) is 6.33 Å². The number of nitrogen functional groups attached to an aromatic ring is 1. The van der Waals surface area contributed by atoms with Crippen molar-refractivity contribution in [1.29, 1.82) is 0 Å². The minimum atomic E-state index is -0.0738. The molecule has 96 valence electrons. The Bertz CT molecular complexity index is 655. The Morgan fingerprint density at radius 3 is 2.95 bits per heavy atom. The van der Waals surface area contributed by atoms with E-state index < -0.39 is 0 Å². The molecular weight excluding hydrogens is 242 g/mol. The fraction of sp³-hybridized carbons (Fsp3) is 0.154. The molecule has 2 aromatic rings. The number of rotatable bonds is 1. The molecule has 6 nitrogen and oxygen atoms in total. The first-order valence-corrected chi connectivity index (χ1v) is 5.90. The van der Waals surface area contributed by atoms with Gasteiger partial charge in [-0.1, -0.05) is 12.1 Å². The second kappa shape index (κ2) is 4.24. The molecule has 0 aliphatic carbocycles. The lowest BCUT2D eigenvalue weighted by molar-refractivity contribution is -0.115. The Morgan fingerprint density at radius 1 is 1.32 bits per heavy atom. The fourth-order valence-electron chi connectivity index (χ4n) is 2.15. The van der Waals surface area contributed by atoms with Crippen LogP contribution >= 0.6 is 0 Å². The van der Waals surface area contributed by atoms with Gasteiger partial charge < -0.3 is 16.0 Å². The molecule has 1 aromatic heterocycles. The first kappa shape index (κ1) is 11.5. The third-order valence-electron chi connectivity index (χ3n) is 3.12. The van der Waals surface area contributed by atoms with Gasteiger partial charge in [-0.15, -0.1) is 0 Å². The van der Waals surface area contributed by atoms with Crippen molar-refractivity contribution >= 4 is 28.9 Å². The molecule has 3 N–H and O–H groups in total. The van der Waals surface area contributed by atoms with Crippen LogP contribution < -0.4 is 16.0 Å². The van der Waals surface area contributed by atoms with Gasteiger partial charge in [0.2, 0.25) is 5.91 Å². The molecule has 3 rings (SSSR count). The average Bonchev–Trinajstić information content (AvgIpc) is 2.41. The van der Waals surface area contributed by atoms with Crippen LogP contribution in [-0.4, -0.2) is 22.4 Å². The molecule has 0 radical (unpaired) electrons. The topological polar surface area (TPSA) is 84.1 Å². The van der Waals surface area contributed by atoms with Crippen molar-refractivity contribution in [3.63, 3.8) is 0 Å². The van der Waals surface area contributed by atoms with Crippen molar-refractivity contribution < 1.29 is 4.79 Å². The summed E-state index contributed by atoms with van der Waals surface area (Å²) in [5, 5.41) is 2.84. The van der Waals surface area contributed by atoms with Crippen molar-refractivity contribution in [1.82, 2.24) is 9.97 Å². The van der Waals surface area contributed by atoms with Crippen LogP contribution in [0.25, 0.3) is 0 Å². The SMILES string of the molecule is Cc1c(N)ncnc1N1CC(=O)Nc2ccccc21. The second-order valence-electron chi connectivity index (χ2n) is 4.36. The second-order valence-corrected chi connectivity index (χ2v) is 4.36. The molecule has 1 aliphatic heterocycles. The van der Waals surface area contributed by atoms with E-state index in [-0.39, 0.29) is 12.5 Å². The zero-order valence-electron chi connectivity index (χ0n) is 10.4. The molecule has 0 unspecified atom stereocenters. The lowest BCUT2D eigenvalue weighted by Crippen LogP contribution is -2.35. The minimum absolute atomic E-state index is 0.0738. The Morgan fingerprint density at radius 2 is 2.11 bits per heavy atom. The summed E-state index contributed by atoms with van der Waals surface area (Å²) in [6.45, 7) is 2.06. The van der Waals surface area contributed by atoms with Gasteiger partial charge in [-0.2, -0.15) is 0 Å². The number of para-hydroxylation sites is 2. The third-order valence-corrected chi connectivity index (χ3v) is 3.12. The average molecular weight is 255 g/mol. The fourth-order valence-corrected chi connectivity index (χ4v) is 2.15. The number of fused-ring (bicyclic) bond motifs is 1. The van der Waals surface area contributed by atoms with Crippen molar-refractivity contribution in [2.24, 2.45) is 0 Å². The molecule has 0 saturated heterocycles. The van der Waals surface area contributed by atoms with Gasteiger partial charge in [0.05, 0.1) is 11.4 Å². The summed E-state index contributed by atoms with van der Waals surface area (Å²) in [7, 11) is 0. The summed E-state index contributed by atoms with van der Waals surface area (Å²) in [5.74, 6) is 1.01. The lowest BCUT2D eigenvalue weighted by Gasteiger charge is -2.30. The highest BCUT2D eigenvalue weighted by Gasteiger charge is 2.25. The normalized spacial score (nSPS) is 13.9. The van der Waals surface area contributed by atoms with Crippen molar-refractivity contribution in [2.75, 3.05) is 22.5 Å². The number of hydrogen-bond donors (Lipinski definition) is 2. The predicted octanol–water partition coefficient (Wildman–Crippen LogP) is 1.46. The van der Waals surface area contributed by atoms with Crippen LogP contribution in [-0.2, 0) is 4.79 Å². The summed E-state index contributed by atoms with van der Waals surface area (Å²) in [4.78, 5) is 21.8. The Kier molecular flexibility index (Phi) is 2.56. The Labute approximate surface area is 110 Å². The molecule has 1 aliphatic rings. The van der Waals surface area contributed by atoms with E-state index in [4.69, 9.17) is 5.73 Å². The maximum absolute atomic E-state index is 11.8. The molecule has 19 heavy (non-hydrogen) atoms. The summed E-state index contributed by atoms with van der Waals surface area (Å²) in [5.41, 5.74) is 8.25. The number of nitrogens with one attached hydrogen (secondary N) is 1. The first-order chi connectivity index (χ1) is 9.16. The van der Waals surface area contributed by atoms with E-state index in [0.717, 1.165) is 16.9 Å². The van der Waals surface area contributed by atoms with Gasteiger partial charge in [-0.3, -0.25) is 4.79 Å². The van der Waals surface area contributed by atoms with Gasteiger partial charge >= 0.3 is 0 Å². The molecule has 0 spiro atoms. The molecule has 0 bridgehead atoms. The molecule has 2 heterocycles. The Hall–Kier alpha value is -2.63. The van der Waals surface area contributed by atoms with Gasteiger partial charge in [-0.25, -0.2) is 9.97 Å². The van der Waals surface area contributed by atoms with Gasteiger partial charge in [0, 0.05) is 5.56 Å². The molecule has 1 aromatic carbocycles. The maximum atomic E-state index is 11.8. The Balaban J connectivity index is 2.15. The minimum Gasteiger partial charge on any atom is -0.383 e. The van der Waals surface area contributed by atoms with Crippen molar-refractivity contribution in [3.8, 4) is 0 Å². The molecule has 0 saturated carbocycles. The highest BCUT2D eigenvalue weighted by Crippen LogP contribution is 2.35. The quantitative estimate of drug-likeness (QED) is 0.805. The molecular formula is C13H13N5O. The molecule has 6 heteroatoms. The number of anilines is 4. The van der Waals surface area contributed by atoms with Crippen molar-refractivity contribution in [2.45, 2.75) is 6.92 Å². The van der Waals surface area contributed by atoms with Gasteiger partial charge in [0.1, 0.15) is 24.5 Å². The predicted molar refractivity (Wildman–Crippen MR) is 73.3 cm³/mol. The number of carbonyl (C=O) groups is 1. The third kappa shape index (κ3) is 1.87. The summed E-state index contributed by atoms with van der Waals surface area (Å²) >= 11 is 0. The maximum Gasteiger partial charge on any atom is 0.244 e. The van der Waals surface area contributed by atoms with E-state index in [9.17, 15) is 4.79 Å². The van der Waals surface area contributed by atoms with Crippen LogP contribution in [0.2, 0.25) is 0 Å². The van der Waals surface area contributed by atoms with Crippen molar-refractivity contribution in [3.05, 3.63) is 36.2 Å². The van der Waals surface area contributed by atoms with Crippen LogP contribution in [0.15, 0.2) is 30.6 Å². The van der Waals surface area contributed by atoms with Gasteiger partial charge in [0.25, 0.3) is 0 Å². The molecule has 0 fully saturated rings. The highest BCUT2D eigenvalue weighted by molar-refractivity contribution is 6.03. The standard InChI is InChI=1S/C13H13N5O/c1-8-12(14)15-7-16-13(8)18-6-11(19)17-9-4-2-3-5-10(9)18/h2-5,7H,6H2,1H3,(H,17,19)(H2,14,15,16). The van der Waals surface area contributed by atoms with E-state index >= 15 is 0 Å². The van der Waals surface area contributed by atoms with Gasteiger partial charge in [-0.05, 0) is 19.1 Å². The van der Waals surface area contributed by atoms with Crippen LogP contribution in [0.3, 0.4) is 0 Å². The summed E-state index contributed by atoms with van der Waals surface area (Å²) < 4.78 is 0. The van der Waals surface area contributed by atoms with Crippen LogP contribution in [0.5, 0.6) is 0 Å². The number of nitrogens with two attached hydrogens (primary N) is 1. The number of hydrogen-bond acceptors (Lipinski definition) is 5. The van der Waals surface area contributed by atoms with Crippen LogP contribution in [0, 0.1) is 6.92 Å². The zero-order chi connectivity index (χ0) is 13.4. The monoisotopic (exact) mass is 255 g/mol. The zero-order valence-corrected chi connectivity index (χ0v) is 10.4. The number of aromatic nitrogens is 2. The summed E-state index contributed by atoms with van der Waals surface area (Å²) in [6.07, 6.45) is 1.41. The van der Waals surface area contributed by atoms with E-state index in [1.807, 2.05) is 36.1 Å². The lowest BCUT2D eigenvalue weighted by atomic mass is 10.1. The van der Waals surface area contributed by atoms with Crippen LogP contribution in [0.4, 0.5) is 23.0 Å². The van der Waals surface area contributed by atoms with E-state index in [0.29, 0.717) is 11.6 Å². The number of nitrogens with zero attached hydrogens (tertiary/aromatic N) is 3. The molecule has 0 atom stereocenters. The number of amides is 1. The molecule has 1 amide bonds. The highest BCUT2D eigenvalue weighted by atomic mass is 16.2.